The van der Waals surface area contributed by atoms with Crippen molar-refractivity contribution in [3.63, 3.8) is 0 Å². The summed E-state index contributed by atoms with van der Waals surface area (Å²) in [7, 11) is 1.65. The standard InChI is InChI=1S/C16H22N2O3/c1-4-16(2)15(20)18(11-14(19)17-16)13-8-6-5-7-12(13)9-10-21-3/h5-8H,4,9-11H2,1-3H3,(H,17,19). The summed E-state index contributed by atoms with van der Waals surface area (Å²) in [6.07, 6.45) is 1.27. The lowest BCUT2D eigenvalue weighted by atomic mass is 9.93. The minimum Gasteiger partial charge on any atom is -0.384 e. The largest absolute Gasteiger partial charge is 0.384 e. The molecule has 0 aliphatic carbocycles. The molecular weight excluding hydrogens is 268 g/mol. The van der Waals surface area contributed by atoms with E-state index in [1.54, 1.807) is 18.9 Å². The number of carbonyl (C=O) groups is 2. The van der Waals surface area contributed by atoms with Gasteiger partial charge in [0.15, 0.2) is 0 Å². The lowest BCUT2D eigenvalue weighted by Gasteiger charge is -2.39. The van der Waals surface area contributed by atoms with E-state index in [2.05, 4.69) is 5.32 Å². The average Bonchev–Trinajstić information content (AvgIpc) is 2.49. The van der Waals surface area contributed by atoms with E-state index in [4.69, 9.17) is 4.74 Å². The quantitative estimate of drug-likeness (QED) is 0.894. The minimum absolute atomic E-state index is 0.0607. The van der Waals surface area contributed by atoms with Crippen LogP contribution in [-0.2, 0) is 20.7 Å². The predicted octanol–water partition coefficient (Wildman–Crippen LogP) is 1.51. The molecule has 0 radical (unpaired) electrons. The molecule has 21 heavy (non-hydrogen) atoms. The summed E-state index contributed by atoms with van der Waals surface area (Å²) < 4.78 is 5.12. The summed E-state index contributed by atoms with van der Waals surface area (Å²) in [5.41, 5.74) is 0.985. The molecule has 1 atom stereocenters. The first-order valence-corrected chi connectivity index (χ1v) is 7.21. The number of methoxy groups -OCH3 is 1. The van der Waals surface area contributed by atoms with E-state index in [9.17, 15) is 9.59 Å². The molecule has 1 unspecified atom stereocenters. The Labute approximate surface area is 125 Å². The van der Waals surface area contributed by atoms with Crippen LogP contribution in [0.15, 0.2) is 24.3 Å². The number of ether oxygens (including phenoxy) is 1. The molecule has 5 heteroatoms. The molecule has 0 aromatic heterocycles. The van der Waals surface area contributed by atoms with E-state index in [1.807, 2.05) is 31.2 Å². The molecule has 1 aliphatic rings. The van der Waals surface area contributed by atoms with Gasteiger partial charge in [-0.2, -0.15) is 0 Å². The Hall–Kier alpha value is -1.88. The molecule has 1 heterocycles. The van der Waals surface area contributed by atoms with Crippen LogP contribution < -0.4 is 10.2 Å². The van der Waals surface area contributed by atoms with Crippen LogP contribution in [0.25, 0.3) is 0 Å². The summed E-state index contributed by atoms with van der Waals surface area (Å²) in [6.45, 7) is 4.32. The molecule has 2 rings (SSSR count). The number of piperazine rings is 1. The molecule has 0 spiro atoms. The highest BCUT2D eigenvalue weighted by Gasteiger charge is 2.42. The smallest absolute Gasteiger partial charge is 0.252 e. The zero-order valence-electron chi connectivity index (χ0n) is 12.8. The van der Waals surface area contributed by atoms with Gasteiger partial charge in [0.05, 0.1) is 6.61 Å². The fraction of sp³-hybridized carbons (Fsp3) is 0.500. The Bertz CT molecular complexity index is 544. The lowest BCUT2D eigenvalue weighted by Crippen LogP contribution is -2.65. The number of rotatable bonds is 5. The van der Waals surface area contributed by atoms with E-state index in [1.165, 1.54) is 0 Å². The maximum Gasteiger partial charge on any atom is 0.252 e. The number of amides is 2. The summed E-state index contributed by atoms with van der Waals surface area (Å²) in [6, 6.07) is 7.67. The van der Waals surface area contributed by atoms with Gasteiger partial charge in [-0.3, -0.25) is 9.59 Å². The Morgan fingerprint density at radius 2 is 2.05 bits per heavy atom. The molecule has 1 N–H and O–H groups in total. The molecule has 0 bridgehead atoms. The fourth-order valence-electron chi connectivity index (χ4n) is 2.55. The third-order valence-corrected chi connectivity index (χ3v) is 4.00. The van der Waals surface area contributed by atoms with Gasteiger partial charge in [0, 0.05) is 12.8 Å². The molecule has 114 valence electrons. The van der Waals surface area contributed by atoms with Gasteiger partial charge < -0.3 is 15.0 Å². The second-order valence-electron chi connectivity index (χ2n) is 5.50. The zero-order chi connectivity index (χ0) is 15.5. The van der Waals surface area contributed by atoms with E-state index in [-0.39, 0.29) is 18.4 Å². The van der Waals surface area contributed by atoms with Crippen LogP contribution in [0.1, 0.15) is 25.8 Å². The molecule has 1 fully saturated rings. The van der Waals surface area contributed by atoms with Gasteiger partial charge in [-0.1, -0.05) is 25.1 Å². The second-order valence-corrected chi connectivity index (χ2v) is 5.50. The number of hydrogen-bond acceptors (Lipinski definition) is 3. The summed E-state index contributed by atoms with van der Waals surface area (Å²) in [5, 5.41) is 2.80. The second kappa shape index (κ2) is 6.26. The van der Waals surface area contributed by atoms with Crippen LogP contribution in [0, 0.1) is 0 Å². The van der Waals surface area contributed by atoms with Crippen LogP contribution in [0.2, 0.25) is 0 Å². The van der Waals surface area contributed by atoms with Crippen molar-refractivity contribution < 1.29 is 14.3 Å². The number of nitrogens with one attached hydrogen (secondary N) is 1. The first kappa shape index (κ1) is 15.5. The molecule has 2 amide bonds. The lowest BCUT2D eigenvalue weighted by molar-refractivity contribution is -0.135. The van der Waals surface area contributed by atoms with Crippen molar-refractivity contribution >= 4 is 17.5 Å². The van der Waals surface area contributed by atoms with Crippen molar-refractivity contribution in [3.8, 4) is 0 Å². The zero-order valence-corrected chi connectivity index (χ0v) is 12.8. The third kappa shape index (κ3) is 3.08. The predicted molar refractivity (Wildman–Crippen MR) is 81.2 cm³/mol. The molecule has 1 saturated heterocycles. The van der Waals surface area contributed by atoms with E-state index in [0.717, 1.165) is 11.3 Å². The van der Waals surface area contributed by atoms with Crippen molar-refractivity contribution in [2.45, 2.75) is 32.2 Å². The molecule has 1 aliphatic heterocycles. The average molecular weight is 290 g/mol. The number of benzene rings is 1. The number of carbonyl (C=O) groups excluding carboxylic acids is 2. The SMILES string of the molecule is CCC1(C)NC(=O)CN(c2ccccc2CCOC)C1=O. The summed E-state index contributed by atoms with van der Waals surface area (Å²) in [5.74, 6) is -0.185. The van der Waals surface area contributed by atoms with E-state index >= 15 is 0 Å². The van der Waals surface area contributed by atoms with Gasteiger partial charge in [-0.05, 0) is 31.4 Å². The van der Waals surface area contributed by atoms with Crippen molar-refractivity contribution in [3.05, 3.63) is 29.8 Å². The number of hydrogen-bond donors (Lipinski definition) is 1. The Morgan fingerprint density at radius 3 is 2.71 bits per heavy atom. The first-order chi connectivity index (χ1) is 10.0. The monoisotopic (exact) mass is 290 g/mol. The third-order valence-electron chi connectivity index (χ3n) is 4.00. The number of anilines is 1. The van der Waals surface area contributed by atoms with Crippen molar-refractivity contribution in [1.29, 1.82) is 0 Å². The van der Waals surface area contributed by atoms with Crippen LogP contribution in [0.3, 0.4) is 0 Å². The highest BCUT2D eigenvalue weighted by atomic mass is 16.5. The first-order valence-electron chi connectivity index (χ1n) is 7.21. The molecule has 0 saturated carbocycles. The Morgan fingerprint density at radius 1 is 1.33 bits per heavy atom. The van der Waals surface area contributed by atoms with Gasteiger partial charge >= 0.3 is 0 Å². The van der Waals surface area contributed by atoms with Crippen LogP contribution in [0.5, 0.6) is 0 Å². The van der Waals surface area contributed by atoms with Crippen LogP contribution in [0.4, 0.5) is 5.69 Å². The highest BCUT2D eigenvalue weighted by molar-refractivity contribution is 6.09. The van der Waals surface area contributed by atoms with E-state index < -0.39 is 5.54 Å². The molecule has 1 aromatic rings. The van der Waals surface area contributed by atoms with Gasteiger partial charge in [-0.15, -0.1) is 0 Å². The van der Waals surface area contributed by atoms with Gasteiger partial charge in [-0.25, -0.2) is 0 Å². The highest BCUT2D eigenvalue weighted by Crippen LogP contribution is 2.27. The van der Waals surface area contributed by atoms with Crippen molar-refractivity contribution in [2.24, 2.45) is 0 Å². The van der Waals surface area contributed by atoms with Gasteiger partial charge in [0.2, 0.25) is 5.91 Å². The van der Waals surface area contributed by atoms with E-state index in [0.29, 0.717) is 19.4 Å². The molecule has 5 nitrogen and oxygen atoms in total. The Kier molecular flexibility index (Phi) is 4.63. The van der Waals surface area contributed by atoms with Gasteiger partial charge in [0.25, 0.3) is 5.91 Å². The van der Waals surface area contributed by atoms with Crippen molar-refractivity contribution in [2.75, 3.05) is 25.2 Å². The van der Waals surface area contributed by atoms with Crippen LogP contribution >= 0.6 is 0 Å². The molecule has 1 aromatic carbocycles. The van der Waals surface area contributed by atoms with Crippen molar-refractivity contribution in [1.82, 2.24) is 5.32 Å². The Balaban J connectivity index is 2.36. The number of para-hydroxylation sites is 1. The maximum absolute atomic E-state index is 12.7. The van der Waals surface area contributed by atoms with Crippen LogP contribution in [-0.4, -0.2) is 37.6 Å². The maximum atomic E-state index is 12.7. The topological polar surface area (TPSA) is 58.6 Å². The normalized spacial score (nSPS) is 22.3. The minimum atomic E-state index is -0.830. The summed E-state index contributed by atoms with van der Waals surface area (Å²) >= 11 is 0. The fourth-order valence-corrected chi connectivity index (χ4v) is 2.55. The number of nitrogens with zero attached hydrogens (tertiary/aromatic N) is 1. The molecular formula is C16H22N2O3. The summed E-state index contributed by atoms with van der Waals surface area (Å²) in [4.78, 5) is 26.3. The van der Waals surface area contributed by atoms with Gasteiger partial charge in [0.1, 0.15) is 12.1 Å².